The summed E-state index contributed by atoms with van der Waals surface area (Å²) in [7, 11) is 2.47. The van der Waals surface area contributed by atoms with Crippen LogP contribution in [0.25, 0.3) is 11.2 Å². The molecule has 7 atom stereocenters. The monoisotopic (exact) mass is 707 g/mol. The summed E-state index contributed by atoms with van der Waals surface area (Å²) in [6.07, 6.45) is -4.80. The summed E-state index contributed by atoms with van der Waals surface area (Å²) in [5, 5.41) is 27.4. The van der Waals surface area contributed by atoms with Crippen molar-refractivity contribution < 1.29 is 57.4 Å². The molecule has 3 rings (SSSR count). The number of ether oxygens (including phenoxy) is 5. The molecule has 0 aromatic carbocycles. The number of nitrogens with one attached hydrogen (secondary N) is 2. The number of aliphatic hydroxyl groups excluding tert-OH is 1. The highest BCUT2D eigenvalue weighted by Crippen LogP contribution is 2.57. The fourth-order valence-corrected chi connectivity index (χ4v) is 8.21. The second-order valence-electron chi connectivity index (χ2n) is 11.2. The number of nitrogens with zero attached hydrogens (tertiary/aromatic N) is 4. The van der Waals surface area contributed by atoms with Crippen LogP contribution in [0.5, 0.6) is 5.88 Å². The Morgan fingerprint density at radius 2 is 1.79 bits per heavy atom. The maximum atomic E-state index is 14.2. The molecule has 0 saturated carbocycles. The number of esters is 2. The molecule has 264 valence electrons. The third-order valence-electron chi connectivity index (χ3n) is 6.60. The van der Waals surface area contributed by atoms with Crippen molar-refractivity contribution >= 4 is 53.2 Å². The lowest BCUT2D eigenvalue weighted by Crippen LogP contribution is -2.45. The van der Waals surface area contributed by atoms with Crippen molar-refractivity contribution in [3.8, 4) is 5.88 Å². The van der Waals surface area contributed by atoms with E-state index in [4.69, 9.17) is 29.2 Å². The Hall–Kier alpha value is -3.26. The van der Waals surface area contributed by atoms with Crippen LogP contribution in [0.1, 0.15) is 47.8 Å². The summed E-state index contributed by atoms with van der Waals surface area (Å²) >= 11 is 0.579. The van der Waals surface area contributed by atoms with Gasteiger partial charge in [-0.3, -0.25) is 13.9 Å². The molecule has 1 aliphatic heterocycles. The van der Waals surface area contributed by atoms with Gasteiger partial charge in [0, 0.05) is 5.75 Å². The van der Waals surface area contributed by atoms with Crippen LogP contribution in [0.3, 0.4) is 0 Å². The van der Waals surface area contributed by atoms with E-state index in [1.165, 1.54) is 31.9 Å². The molecule has 0 spiro atoms. The van der Waals surface area contributed by atoms with Gasteiger partial charge < -0.3 is 49.5 Å². The standard InChI is InChI=1S/C26H42N7O12PS/c1-12(2)43-21(35)14(5)32-46(39,47-10-15(29-25(37)41-8)22(36)44-13(3)4)42-9-16-18(34)26(6,38)23(45-16)33-11-28-17-19(33)30-24(27)31-20(17)40-7/h11-16,18,23,34,38H,9-10H2,1-8H3,(H,29,37)(H,32,39)(H2,27,30,31)/t14-,15?,16-,18-,23-,26-,46?/m1/s1. The number of aliphatic hydroxyl groups is 2. The molecule has 0 bridgehead atoms. The van der Waals surface area contributed by atoms with Gasteiger partial charge >= 0.3 is 24.8 Å². The van der Waals surface area contributed by atoms with E-state index in [-0.39, 0.29) is 28.7 Å². The third-order valence-corrected chi connectivity index (χ3v) is 10.7. The van der Waals surface area contributed by atoms with Gasteiger partial charge in [-0.1, -0.05) is 11.4 Å². The molecule has 2 unspecified atom stereocenters. The molecule has 47 heavy (non-hydrogen) atoms. The summed E-state index contributed by atoms with van der Waals surface area (Å²) in [6.45, 7) is 4.44. The van der Waals surface area contributed by atoms with E-state index in [9.17, 15) is 29.2 Å². The van der Waals surface area contributed by atoms with Crippen molar-refractivity contribution in [2.75, 3.05) is 32.3 Å². The summed E-state index contributed by atoms with van der Waals surface area (Å²) in [5.41, 5.74) is 4.22. The van der Waals surface area contributed by atoms with Crippen LogP contribution in [0.15, 0.2) is 6.33 Å². The van der Waals surface area contributed by atoms with Crippen molar-refractivity contribution in [1.29, 1.82) is 0 Å². The molecule has 0 aliphatic carbocycles. The summed E-state index contributed by atoms with van der Waals surface area (Å²) < 4.78 is 47.5. The predicted molar refractivity (Wildman–Crippen MR) is 167 cm³/mol. The molecule has 21 heteroatoms. The van der Waals surface area contributed by atoms with Crippen LogP contribution < -0.4 is 20.9 Å². The SMILES string of the molecule is COC(=O)NC(CSP(=O)(N[C@H](C)C(=O)OC(C)C)OC[C@H]1O[C@@H](n2cnc3c(OC)nc(N)nc32)[C@](C)(O)[C@@H]1O)C(=O)OC(C)C. The molecular weight excluding hydrogens is 665 g/mol. The molecule has 1 amide bonds. The Balaban J connectivity index is 1.86. The van der Waals surface area contributed by atoms with Crippen molar-refractivity contribution in [3.05, 3.63) is 6.33 Å². The number of carbonyl (C=O) groups excluding carboxylic acids is 3. The Morgan fingerprint density at radius 3 is 2.38 bits per heavy atom. The van der Waals surface area contributed by atoms with Gasteiger partial charge in [-0.05, 0) is 41.5 Å². The number of carbonyl (C=O) groups is 3. The second kappa shape index (κ2) is 15.8. The number of amides is 1. The largest absolute Gasteiger partial charge is 0.479 e. The number of methoxy groups -OCH3 is 2. The minimum Gasteiger partial charge on any atom is -0.479 e. The predicted octanol–water partition coefficient (Wildman–Crippen LogP) is 0.890. The van der Waals surface area contributed by atoms with Gasteiger partial charge in [0.2, 0.25) is 11.8 Å². The lowest BCUT2D eigenvalue weighted by molar-refractivity contribution is -0.150. The fourth-order valence-electron chi connectivity index (χ4n) is 4.36. The number of hydrogen-bond donors (Lipinski definition) is 5. The minimum atomic E-state index is -4.19. The first kappa shape index (κ1) is 38.2. The maximum absolute atomic E-state index is 14.2. The molecule has 2 aromatic rings. The summed E-state index contributed by atoms with van der Waals surface area (Å²) in [5.74, 6) is -1.98. The van der Waals surface area contributed by atoms with E-state index < -0.39 is 79.7 Å². The highest BCUT2D eigenvalue weighted by Gasteiger charge is 2.54. The van der Waals surface area contributed by atoms with Gasteiger partial charge in [0.1, 0.15) is 29.9 Å². The Bertz CT molecular complexity index is 1480. The van der Waals surface area contributed by atoms with Crippen LogP contribution in [0.2, 0.25) is 0 Å². The smallest absolute Gasteiger partial charge is 0.407 e. The Kier molecular flexibility index (Phi) is 12.8. The number of nitrogen functional groups attached to an aromatic ring is 1. The Labute approximate surface area is 274 Å². The van der Waals surface area contributed by atoms with Crippen LogP contribution in [0.4, 0.5) is 10.7 Å². The van der Waals surface area contributed by atoms with Gasteiger partial charge in [-0.2, -0.15) is 9.97 Å². The van der Waals surface area contributed by atoms with Crippen LogP contribution in [-0.4, -0.2) is 116 Å². The van der Waals surface area contributed by atoms with Gasteiger partial charge in [0.25, 0.3) is 0 Å². The van der Waals surface area contributed by atoms with E-state index in [1.807, 2.05) is 0 Å². The normalized spacial score (nSPS) is 23.7. The van der Waals surface area contributed by atoms with Crippen LogP contribution in [0, 0.1) is 0 Å². The highest BCUT2D eigenvalue weighted by atomic mass is 32.7. The van der Waals surface area contributed by atoms with E-state index >= 15 is 0 Å². The topological polar surface area (TPSA) is 258 Å². The lowest BCUT2D eigenvalue weighted by Gasteiger charge is -2.27. The zero-order valence-corrected chi connectivity index (χ0v) is 28.9. The van der Waals surface area contributed by atoms with E-state index in [1.54, 1.807) is 27.7 Å². The van der Waals surface area contributed by atoms with E-state index in [2.05, 4.69) is 30.1 Å². The molecule has 3 heterocycles. The van der Waals surface area contributed by atoms with Crippen molar-refractivity contribution in [3.63, 3.8) is 0 Å². The van der Waals surface area contributed by atoms with Gasteiger partial charge in [-0.25, -0.2) is 19.7 Å². The number of imidazole rings is 1. The van der Waals surface area contributed by atoms with Gasteiger partial charge in [0.15, 0.2) is 17.4 Å². The number of fused-ring (bicyclic) bond motifs is 1. The first-order chi connectivity index (χ1) is 21.9. The van der Waals surface area contributed by atoms with Crippen LogP contribution >= 0.6 is 18.1 Å². The molecule has 0 radical (unpaired) electrons. The maximum Gasteiger partial charge on any atom is 0.407 e. The van der Waals surface area contributed by atoms with Crippen LogP contribution in [-0.2, 0) is 37.6 Å². The van der Waals surface area contributed by atoms with Gasteiger partial charge in [0.05, 0.1) is 39.4 Å². The molecular formula is C26H42N7O12PS. The second-order valence-corrected chi connectivity index (χ2v) is 15.5. The number of anilines is 1. The zero-order valence-electron chi connectivity index (χ0n) is 27.2. The average molecular weight is 708 g/mol. The number of nitrogens with two attached hydrogens (primary N) is 1. The summed E-state index contributed by atoms with van der Waals surface area (Å²) in [4.78, 5) is 49.6. The highest BCUT2D eigenvalue weighted by molar-refractivity contribution is 8.56. The number of hydrogen-bond acceptors (Lipinski definition) is 17. The van der Waals surface area contributed by atoms with E-state index in [0.717, 1.165) is 7.11 Å². The zero-order chi connectivity index (χ0) is 35.3. The first-order valence-corrected chi connectivity index (χ1v) is 17.7. The van der Waals surface area contributed by atoms with Gasteiger partial charge in [-0.15, -0.1) is 0 Å². The van der Waals surface area contributed by atoms with Crippen molar-refractivity contribution in [1.82, 2.24) is 29.9 Å². The number of rotatable bonds is 15. The Morgan fingerprint density at radius 1 is 1.15 bits per heavy atom. The molecule has 1 fully saturated rings. The molecule has 2 aromatic heterocycles. The van der Waals surface area contributed by atoms with Crippen molar-refractivity contribution in [2.24, 2.45) is 0 Å². The minimum absolute atomic E-state index is 0.0794. The molecule has 6 N–H and O–H groups in total. The van der Waals surface area contributed by atoms with E-state index in [0.29, 0.717) is 11.4 Å². The first-order valence-electron chi connectivity index (χ1n) is 14.4. The summed E-state index contributed by atoms with van der Waals surface area (Å²) in [6, 6.07) is -2.49. The number of alkyl carbamates (subject to hydrolysis) is 1. The number of aromatic nitrogens is 4. The third kappa shape index (κ3) is 9.43. The molecule has 19 nitrogen and oxygen atoms in total. The average Bonchev–Trinajstić information content (AvgIpc) is 3.49. The molecule has 1 saturated heterocycles. The lowest BCUT2D eigenvalue weighted by atomic mass is 9.96. The van der Waals surface area contributed by atoms with Crippen molar-refractivity contribution in [2.45, 2.75) is 89.9 Å². The quantitative estimate of drug-likeness (QED) is 0.0978. The molecule has 1 aliphatic rings. The fraction of sp³-hybridized carbons (Fsp3) is 0.692.